The van der Waals surface area contributed by atoms with Crippen LogP contribution in [-0.2, 0) is 4.74 Å². The summed E-state index contributed by atoms with van der Waals surface area (Å²) < 4.78 is 5.19. The molecule has 2 rings (SSSR count). The van der Waals surface area contributed by atoms with E-state index in [0.717, 1.165) is 23.8 Å². The molecule has 0 aliphatic heterocycles. The van der Waals surface area contributed by atoms with Gasteiger partial charge in [-0.2, -0.15) is 0 Å². The molecule has 0 saturated carbocycles. The molecule has 7 heteroatoms. The van der Waals surface area contributed by atoms with Crippen LogP contribution >= 0.6 is 11.3 Å². The second-order valence-corrected chi connectivity index (χ2v) is 6.74. The summed E-state index contributed by atoms with van der Waals surface area (Å²) in [6.07, 6.45) is 9.81. The van der Waals surface area contributed by atoms with E-state index in [1.807, 2.05) is 32.1 Å². The minimum Gasteiger partial charge on any atom is -0.398 e. The van der Waals surface area contributed by atoms with Crippen molar-refractivity contribution < 1.29 is 9.53 Å². The number of rotatable bonds is 8. The summed E-state index contributed by atoms with van der Waals surface area (Å²) in [5, 5.41) is 8.50. The molecule has 138 valence electrons. The molecule has 2 heterocycles. The molecule has 2 aromatic rings. The quantitative estimate of drug-likeness (QED) is 0.412. The number of ether oxygens (including phenoxy) is 1. The van der Waals surface area contributed by atoms with Crippen LogP contribution in [0, 0.1) is 5.41 Å². The fraction of sp³-hybridized carbons (Fsp3) is 0.316. The molecular weight excluding hydrogens is 348 g/mol. The normalized spacial score (nSPS) is 13.3. The zero-order valence-electron chi connectivity index (χ0n) is 15.2. The summed E-state index contributed by atoms with van der Waals surface area (Å²) in [6, 6.07) is 3.45. The van der Waals surface area contributed by atoms with Gasteiger partial charge in [0.25, 0.3) is 5.91 Å². The number of thiophene rings is 1. The number of nitrogens with one attached hydrogen (secondary N) is 1. The smallest absolute Gasteiger partial charge is 0.273 e. The first-order valence-electron chi connectivity index (χ1n) is 8.38. The third kappa shape index (κ3) is 4.56. The lowest BCUT2D eigenvalue weighted by Gasteiger charge is -2.19. The Morgan fingerprint density at radius 1 is 1.54 bits per heavy atom. The predicted octanol–water partition coefficient (Wildman–Crippen LogP) is 4.20. The number of fused-ring (bicyclic) bond motifs is 1. The molecule has 0 radical (unpaired) electrons. The number of carbonyl (C=O) groups is 1. The molecule has 2 aromatic heterocycles. The van der Waals surface area contributed by atoms with Crippen molar-refractivity contribution in [2.24, 2.45) is 0 Å². The molecule has 1 unspecified atom stereocenters. The van der Waals surface area contributed by atoms with E-state index >= 15 is 0 Å². The molecule has 26 heavy (non-hydrogen) atoms. The highest BCUT2D eigenvalue weighted by atomic mass is 32.1. The van der Waals surface area contributed by atoms with E-state index in [1.165, 1.54) is 16.2 Å². The lowest BCUT2D eigenvalue weighted by atomic mass is 10.2. The van der Waals surface area contributed by atoms with Crippen molar-refractivity contribution in [3.05, 3.63) is 47.1 Å². The van der Waals surface area contributed by atoms with Crippen LogP contribution in [-0.4, -0.2) is 35.3 Å². The summed E-state index contributed by atoms with van der Waals surface area (Å²) in [5.74, 6) is -0.254. The highest BCUT2D eigenvalue weighted by molar-refractivity contribution is 7.20. The molecule has 1 amide bonds. The van der Waals surface area contributed by atoms with Gasteiger partial charge in [0.1, 0.15) is 4.83 Å². The van der Waals surface area contributed by atoms with Crippen LogP contribution in [0.3, 0.4) is 0 Å². The molecule has 6 nitrogen and oxygen atoms in total. The van der Waals surface area contributed by atoms with Gasteiger partial charge in [-0.1, -0.05) is 25.2 Å². The number of carbonyl (C=O) groups excluding carboxylic acids is 1. The second-order valence-electron chi connectivity index (χ2n) is 5.71. The Kier molecular flexibility index (Phi) is 7.06. The zero-order valence-corrected chi connectivity index (χ0v) is 16.0. The number of methoxy groups -OCH3 is 1. The highest BCUT2D eigenvalue weighted by Gasteiger charge is 2.20. The number of pyridine rings is 1. The maximum atomic E-state index is 13.0. The Morgan fingerprint density at radius 3 is 2.92 bits per heavy atom. The topological polar surface area (TPSA) is 92.3 Å². The molecule has 0 aliphatic carbocycles. The molecule has 1 atom stereocenters. The third-order valence-electron chi connectivity index (χ3n) is 3.88. The van der Waals surface area contributed by atoms with Crippen molar-refractivity contribution in [1.82, 2.24) is 9.88 Å². The maximum absolute atomic E-state index is 13.0. The number of hydrogen-bond acceptors (Lipinski definition) is 6. The van der Waals surface area contributed by atoms with Crippen molar-refractivity contribution in [3.63, 3.8) is 0 Å². The molecular formula is C19H24N4O2S. The Balaban J connectivity index is 2.29. The van der Waals surface area contributed by atoms with Crippen molar-refractivity contribution in [2.75, 3.05) is 12.8 Å². The number of amides is 1. The first kappa shape index (κ1) is 19.8. The molecule has 3 N–H and O–H groups in total. The first-order chi connectivity index (χ1) is 12.5. The highest BCUT2D eigenvalue weighted by Crippen LogP contribution is 2.29. The Morgan fingerprint density at radius 2 is 2.31 bits per heavy atom. The van der Waals surface area contributed by atoms with Crippen LogP contribution < -0.4 is 5.73 Å². The Hall–Kier alpha value is -2.51. The zero-order chi connectivity index (χ0) is 19.1. The average Bonchev–Trinajstić information content (AvgIpc) is 3.07. The van der Waals surface area contributed by atoms with Crippen LogP contribution in [0.1, 0.15) is 36.4 Å². The summed E-state index contributed by atoms with van der Waals surface area (Å²) in [7, 11) is 1.65. The summed E-state index contributed by atoms with van der Waals surface area (Å²) >= 11 is 1.28. The number of hydrogen-bond donors (Lipinski definition) is 2. The van der Waals surface area contributed by atoms with E-state index in [4.69, 9.17) is 15.9 Å². The van der Waals surface area contributed by atoms with Gasteiger partial charge in [0, 0.05) is 36.5 Å². The summed E-state index contributed by atoms with van der Waals surface area (Å²) in [6.45, 7) is 3.94. The van der Waals surface area contributed by atoms with Crippen LogP contribution in [0.4, 0.5) is 5.69 Å². The van der Waals surface area contributed by atoms with E-state index in [-0.39, 0.29) is 12.0 Å². The molecule has 0 saturated heterocycles. The Labute approximate surface area is 157 Å². The van der Waals surface area contributed by atoms with E-state index < -0.39 is 0 Å². The molecule has 0 aliphatic rings. The monoisotopic (exact) mass is 372 g/mol. The van der Waals surface area contributed by atoms with E-state index in [9.17, 15) is 4.79 Å². The number of anilines is 1. The van der Waals surface area contributed by atoms with Gasteiger partial charge in [-0.05, 0) is 25.5 Å². The average molecular weight is 372 g/mol. The summed E-state index contributed by atoms with van der Waals surface area (Å²) in [5.41, 5.74) is 7.30. The van der Waals surface area contributed by atoms with Crippen molar-refractivity contribution in [2.45, 2.75) is 32.8 Å². The lowest BCUT2D eigenvalue weighted by molar-refractivity contribution is 0.0883. The van der Waals surface area contributed by atoms with Gasteiger partial charge in [-0.15, -0.1) is 11.3 Å². The van der Waals surface area contributed by atoms with Crippen LogP contribution in [0.2, 0.25) is 0 Å². The third-order valence-corrected chi connectivity index (χ3v) is 4.91. The van der Waals surface area contributed by atoms with Crippen molar-refractivity contribution >= 4 is 39.5 Å². The number of nitrogens with two attached hydrogens (primary N) is 1. The van der Waals surface area contributed by atoms with Gasteiger partial charge < -0.3 is 10.5 Å². The van der Waals surface area contributed by atoms with Crippen molar-refractivity contribution in [3.8, 4) is 0 Å². The lowest BCUT2D eigenvalue weighted by Crippen LogP contribution is -2.28. The van der Waals surface area contributed by atoms with E-state index in [2.05, 4.69) is 4.98 Å². The SMILES string of the molecule is CC/C=C(\C/C=C\C(C)OC)N(C=N)C(=O)c1cc2c(N)ccnc2s1. The molecule has 0 bridgehead atoms. The largest absolute Gasteiger partial charge is 0.398 e. The van der Waals surface area contributed by atoms with Crippen LogP contribution in [0.5, 0.6) is 0 Å². The number of allylic oxidation sites excluding steroid dienone is 2. The van der Waals surface area contributed by atoms with Gasteiger partial charge in [0.2, 0.25) is 0 Å². The molecule has 0 fully saturated rings. The number of aromatic nitrogens is 1. The second kappa shape index (κ2) is 9.26. The fourth-order valence-corrected chi connectivity index (χ4v) is 3.40. The fourth-order valence-electron chi connectivity index (χ4n) is 2.43. The van der Waals surface area contributed by atoms with Crippen LogP contribution in [0.25, 0.3) is 10.2 Å². The van der Waals surface area contributed by atoms with Gasteiger partial charge in [0.05, 0.1) is 17.3 Å². The number of nitrogen functional groups attached to an aromatic ring is 1. The van der Waals surface area contributed by atoms with Gasteiger partial charge in [-0.25, -0.2) is 4.98 Å². The van der Waals surface area contributed by atoms with Gasteiger partial charge >= 0.3 is 0 Å². The Bertz CT molecular complexity index is 841. The minimum absolute atomic E-state index is 0.00125. The minimum atomic E-state index is -0.254. The predicted molar refractivity (Wildman–Crippen MR) is 108 cm³/mol. The van der Waals surface area contributed by atoms with E-state index in [0.29, 0.717) is 21.8 Å². The summed E-state index contributed by atoms with van der Waals surface area (Å²) in [4.78, 5) is 19.8. The molecule has 0 spiro atoms. The first-order valence-corrected chi connectivity index (χ1v) is 9.20. The van der Waals surface area contributed by atoms with Gasteiger partial charge in [-0.3, -0.25) is 15.1 Å². The van der Waals surface area contributed by atoms with E-state index in [1.54, 1.807) is 25.4 Å². The van der Waals surface area contributed by atoms with Crippen molar-refractivity contribution in [1.29, 1.82) is 5.41 Å². The molecule has 0 aromatic carbocycles. The maximum Gasteiger partial charge on any atom is 0.273 e. The van der Waals surface area contributed by atoms with Crippen LogP contribution in [0.15, 0.2) is 42.3 Å². The number of nitrogens with zero attached hydrogens (tertiary/aromatic N) is 2. The van der Waals surface area contributed by atoms with Gasteiger partial charge in [0.15, 0.2) is 0 Å². The standard InChI is InChI=1S/C19H24N4O2S/c1-4-6-14(8-5-7-13(2)25-3)23(12-20)19(24)17-11-15-16(21)9-10-22-18(15)26-17/h5-7,9-13,20H,4,8H2,1-3H3,(H2,21,22)/b7-5-,14-6+,20-12?.